The topological polar surface area (TPSA) is 87.0 Å². The molecule has 0 radical (unpaired) electrons. The summed E-state index contributed by atoms with van der Waals surface area (Å²) in [5.74, 6) is -0.456. The first-order valence-electron chi connectivity index (χ1n) is 3.28. The minimum Gasteiger partial charge on any atom is -0.394 e. The van der Waals surface area contributed by atoms with Crippen molar-refractivity contribution >= 4 is 5.78 Å². The second-order valence-corrected chi connectivity index (χ2v) is 2.44. The number of aliphatic hydroxyl groups excluding tert-OH is 3. The van der Waals surface area contributed by atoms with E-state index in [0.717, 1.165) is 0 Å². The molecule has 0 bridgehead atoms. The van der Waals surface area contributed by atoms with Gasteiger partial charge in [0.05, 0.1) is 6.61 Å². The van der Waals surface area contributed by atoms with Gasteiger partial charge in [-0.05, 0) is 0 Å². The highest BCUT2D eigenvalue weighted by Crippen LogP contribution is 2.13. The van der Waals surface area contributed by atoms with Crippen molar-refractivity contribution in [3.05, 3.63) is 0 Å². The number of rotatable bonds is 2. The van der Waals surface area contributed by atoms with Crippen molar-refractivity contribution in [2.45, 2.75) is 18.3 Å². The zero-order valence-electron chi connectivity index (χ0n) is 5.80. The highest BCUT2D eigenvalue weighted by atomic mass is 16.5. The van der Waals surface area contributed by atoms with E-state index in [1.54, 1.807) is 0 Å². The Balaban J connectivity index is 2.54. The summed E-state index contributed by atoms with van der Waals surface area (Å²) in [5.41, 5.74) is 0. The fourth-order valence-electron chi connectivity index (χ4n) is 0.963. The van der Waals surface area contributed by atoms with E-state index in [2.05, 4.69) is 0 Å². The number of ether oxygens (including phenoxy) is 1. The SMILES string of the molecule is O=C1CO[C@H]([C@H](O)CO)[C@@H]1O. The maximum absolute atomic E-state index is 10.6. The molecule has 0 unspecified atom stereocenters. The van der Waals surface area contributed by atoms with E-state index in [4.69, 9.17) is 20.1 Å². The van der Waals surface area contributed by atoms with Crippen molar-refractivity contribution < 1.29 is 24.9 Å². The Morgan fingerprint density at radius 3 is 2.73 bits per heavy atom. The molecule has 1 fully saturated rings. The van der Waals surface area contributed by atoms with Crippen molar-refractivity contribution in [2.24, 2.45) is 0 Å². The van der Waals surface area contributed by atoms with Crippen LogP contribution in [0, 0.1) is 0 Å². The highest BCUT2D eigenvalue weighted by molar-refractivity contribution is 5.86. The van der Waals surface area contributed by atoms with Crippen LogP contribution in [0.15, 0.2) is 0 Å². The molecule has 0 spiro atoms. The molecule has 1 rings (SSSR count). The normalized spacial score (nSPS) is 34.3. The summed E-state index contributed by atoms with van der Waals surface area (Å²) in [4.78, 5) is 10.6. The molecule has 0 aromatic rings. The molecule has 0 aliphatic carbocycles. The summed E-state index contributed by atoms with van der Waals surface area (Å²) in [6.07, 6.45) is -3.44. The smallest absolute Gasteiger partial charge is 0.189 e. The van der Waals surface area contributed by atoms with Crippen LogP contribution in [-0.2, 0) is 9.53 Å². The summed E-state index contributed by atoms with van der Waals surface area (Å²) < 4.78 is 4.72. The third-order valence-electron chi connectivity index (χ3n) is 1.63. The molecular weight excluding hydrogens is 152 g/mol. The van der Waals surface area contributed by atoms with E-state index in [1.165, 1.54) is 0 Å². The maximum Gasteiger partial charge on any atom is 0.189 e. The molecule has 11 heavy (non-hydrogen) atoms. The zero-order valence-corrected chi connectivity index (χ0v) is 5.80. The Kier molecular flexibility index (Phi) is 2.56. The van der Waals surface area contributed by atoms with Crippen LogP contribution >= 0.6 is 0 Å². The van der Waals surface area contributed by atoms with Crippen LogP contribution in [0.3, 0.4) is 0 Å². The first-order chi connectivity index (χ1) is 5.16. The summed E-state index contributed by atoms with van der Waals surface area (Å²) >= 11 is 0. The molecule has 1 saturated heterocycles. The molecule has 3 N–H and O–H groups in total. The van der Waals surface area contributed by atoms with Crippen LogP contribution < -0.4 is 0 Å². The number of hydrogen-bond acceptors (Lipinski definition) is 5. The Morgan fingerprint density at radius 1 is 1.73 bits per heavy atom. The van der Waals surface area contributed by atoms with Gasteiger partial charge in [0, 0.05) is 0 Å². The molecule has 3 atom stereocenters. The van der Waals surface area contributed by atoms with Gasteiger partial charge in [0.15, 0.2) is 5.78 Å². The predicted octanol–water partition coefficient (Wildman–Crippen LogP) is -2.33. The molecule has 5 heteroatoms. The lowest BCUT2D eigenvalue weighted by Crippen LogP contribution is -2.38. The van der Waals surface area contributed by atoms with E-state index in [0.29, 0.717) is 0 Å². The molecule has 0 saturated carbocycles. The number of ketones is 1. The standard InChI is InChI=1S/C6H10O5/c7-1-3(8)6-5(10)4(9)2-11-6/h3,5-8,10H,1-2H2/t3-,5-,6-/m1/s1. The van der Waals surface area contributed by atoms with Crippen molar-refractivity contribution in [3.8, 4) is 0 Å². The number of carbonyl (C=O) groups excluding carboxylic acids is 1. The highest BCUT2D eigenvalue weighted by Gasteiger charge is 2.38. The van der Waals surface area contributed by atoms with Gasteiger partial charge in [-0.2, -0.15) is 0 Å². The number of carbonyl (C=O) groups is 1. The monoisotopic (exact) mass is 162 g/mol. The first-order valence-corrected chi connectivity index (χ1v) is 3.28. The second-order valence-electron chi connectivity index (χ2n) is 2.44. The van der Waals surface area contributed by atoms with Gasteiger partial charge < -0.3 is 20.1 Å². The Bertz CT molecular complexity index is 157. The van der Waals surface area contributed by atoms with Crippen LogP contribution in [0.25, 0.3) is 0 Å². The van der Waals surface area contributed by atoms with Gasteiger partial charge >= 0.3 is 0 Å². The second kappa shape index (κ2) is 3.27. The lowest BCUT2D eigenvalue weighted by molar-refractivity contribution is -0.124. The van der Waals surface area contributed by atoms with E-state index >= 15 is 0 Å². The lowest BCUT2D eigenvalue weighted by Gasteiger charge is -2.16. The largest absolute Gasteiger partial charge is 0.394 e. The summed E-state index contributed by atoms with van der Waals surface area (Å²) in [5, 5.41) is 26.4. The molecule has 0 aromatic carbocycles. The minimum absolute atomic E-state index is 0.192. The van der Waals surface area contributed by atoms with Crippen LogP contribution in [0.4, 0.5) is 0 Å². The Labute approximate surface area is 63.2 Å². The fourth-order valence-corrected chi connectivity index (χ4v) is 0.963. The number of aliphatic hydroxyl groups is 3. The molecule has 0 aromatic heterocycles. The minimum atomic E-state index is -1.29. The van der Waals surface area contributed by atoms with E-state index in [1.807, 2.05) is 0 Å². The Hall–Kier alpha value is -0.490. The van der Waals surface area contributed by atoms with Crippen molar-refractivity contribution in [1.29, 1.82) is 0 Å². The van der Waals surface area contributed by atoms with Crippen molar-refractivity contribution in [1.82, 2.24) is 0 Å². The maximum atomic E-state index is 10.6. The van der Waals surface area contributed by atoms with Crippen LogP contribution in [-0.4, -0.2) is 52.6 Å². The number of hydrogen-bond donors (Lipinski definition) is 3. The van der Waals surface area contributed by atoms with Crippen molar-refractivity contribution in [3.63, 3.8) is 0 Å². The predicted molar refractivity (Wildman–Crippen MR) is 33.8 cm³/mol. The third-order valence-corrected chi connectivity index (χ3v) is 1.63. The molecule has 1 aliphatic rings. The van der Waals surface area contributed by atoms with Crippen molar-refractivity contribution in [2.75, 3.05) is 13.2 Å². The lowest BCUT2D eigenvalue weighted by atomic mass is 10.1. The molecule has 1 heterocycles. The van der Waals surface area contributed by atoms with Gasteiger partial charge in [-0.25, -0.2) is 0 Å². The first kappa shape index (κ1) is 8.61. The van der Waals surface area contributed by atoms with E-state index in [9.17, 15) is 4.79 Å². The molecule has 64 valence electrons. The quantitative estimate of drug-likeness (QED) is 0.424. The van der Waals surface area contributed by atoms with E-state index in [-0.39, 0.29) is 6.61 Å². The van der Waals surface area contributed by atoms with Gasteiger partial charge in [0.25, 0.3) is 0 Å². The van der Waals surface area contributed by atoms with Crippen LogP contribution in [0.1, 0.15) is 0 Å². The summed E-state index contributed by atoms with van der Waals surface area (Å²) in [6, 6.07) is 0. The van der Waals surface area contributed by atoms with Crippen LogP contribution in [0.5, 0.6) is 0 Å². The van der Waals surface area contributed by atoms with E-state index < -0.39 is 30.7 Å². The molecule has 1 aliphatic heterocycles. The van der Waals surface area contributed by atoms with Gasteiger partial charge in [-0.1, -0.05) is 0 Å². The van der Waals surface area contributed by atoms with Gasteiger partial charge in [0.2, 0.25) is 0 Å². The molecule has 5 nitrogen and oxygen atoms in total. The van der Waals surface area contributed by atoms with Gasteiger partial charge in [0.1, 0.15) is 24.9 Å². The summed E-state index contributed by atoms with van der Waals surface area (Å²) in [6.45, 7) is -0.710. The fraction of sp³-hybridized carbons (Fsp3) is 0.833. The number of Topliss-reactive ketones (excluding diaryl/α,β-unsaturated/α-hetero) is 1. The zero-order chi connectivity index (χ0) is 8.43. The molecule has 0 amide bonds. The van der Waals surface area contributed by atoms with Crippen LogP contribution in [0.2, 0.25) is 0 Å². The summed E-state index contributed by atoms with van der Waals surface area (Å²) in [7, 11) is 0. The Morgan fingerprint density at radius 2 is 2.36 bits per heavy atom. The van der Waals surface area contributed by atoms with Gasteiger partial charge in [-0.15, -0.1) is 0 Å². The average Bonchev–Trinajstić information content (AvgIpc) is 2.32. The molecular formula is C6H10O5. The third kappa shape index (κ3) is 1.57. The van der Waals surface area contributed by atoms with Gasteiger partial charge in [-0.3, -0.25) is 4.79 Å². The average molecular weight is 162 g/mol.